The van der Waals surface area contributed by atoms with Crippen molar-refractivity contribution in [1.82, 2.24) is 19.7 Å². The molecule has 3 rings (SSSR count). The summed E-state index contributed by atoms with van der Waals surface area (Å²) in [6.45, 7) is 5.37. The largest absolute Gasteiger partial charge is 0.389 e. The van der Waals surface area contributed by atoms with Gasteiger partial charge in [-0.2, -0.15) is 0 Å². The lowest BCUT2D eigenvalue weighted by atomic mass is 9.79. The Morgan fingerprint density at radius 1 is 1.43 bits per heavy atom. The molecule has 0 unspecified atom stereocenters. The molecule has 6 nitrogen and oxygen atoms in total. The van der Waals surface area contributed by atoms with Crippen LogP contribution in [0, 0.1) is 5.92 Å². The highest BCUT2D eigenvalue weighted by Crippen LogP contribution is 2.33. The molecular formula is C15H26N4O2. The number of morpholine rings is 1. The highest BCUT2D eigenvalue weighted by Gasteiger charge is 2.35. The van der Waals surface area contributed by atoms with Crippen LogP contribution in [0.2, 0.25) is 0 Å². The van der Waals surface area contributed by atoms with Crippen LogP contribution >= 0.6 is 0 Å². The van der Waals surface area contributed by atoms with Gasteiger partial charge < -0.3 is 14.4 Å². The highest BCUT2D eigenvalue weighted by atomic mass is 16.5. The maximum Gasteiger partial charge on any atom is 0.163 e. The zero-order chi connectivity index (χ0) is 14.9. The average molecular weight is 294 g/mol. The summed E-state index contributed by atoms with van der Waals surface area (Å²) in [5.74, 6) is 1.62. The Kier molecular flexibility index (Phi) is 4.28. The molecule has 0 bridgehead atoms. The van der Waals surface area contributed by atoms with Gasteiger partial charge in [-0.25, -0.2) is 0 Å². The van der Waals surface area contributed by atoms with Crippen LogP contribution in [-0.4, -0.2) is 56.6 Å². The Labute approximate surface area is 126 Å². The van der Waals surface area contributed by atoms with E-state index >= 15 is 0 Å². The van der Waals surface area contributed by atoms with E-state index in [1.807, 2.05) is 11.6 Å². The molecule has 0 radical (unpaired) electrons. The second kappa shape index (κ2) is 6.02. The quantitative estimate of drug-likeness (QED) is 0.905. The molecule has 0 spiro atoms. The van der Waals surface area contributed by atoms with E-state index in [0.717, 1.165) is 57.1 Å². The standard InChI is InChI=1S/C15H26N4O2/c1-12-3-5-15(20,6-4-12)10-19-7-8-21-13(9-19)14-17-16-11-18(14)2/h11-13,20H,3-10H2,1-2H3/t12?,13-,15?/m0/s1. The molecule has 2 heterocycles. The van der Waals surface area contributed by atoms with Crippen molar-refractivity contribution >= 4 is 0 Å². The summed E-state index contributed by atoms with van der Waals surface area (Å²) in [4.78, 5) is 2.32. The molecule has 118 valence electrons. The van der Waals surface area contributed by atoms with Crippen LogP contribution in [0.1, 0.15) is 44.5 Å². The molecular weight excluding hydrogens is 268 g/mol. The topological polar surface area (TPSA) is 63.4 Å². The summed E-state index contributed by atoms with van der Waals surface area (Å²) < 4.78 is 7.73. The molecule has 0 amide bonds. The van der Waals surface area contributed by atoms with Gasteiger partial charge in [0.25, 0.3) is 0 Å². The Hall–Kier alpha value is -0.980. The van der Waals surface area contributed by atoms with E-state index in [0.29, 0.717) is 6.61 Å². The Morgan fingerprint density at radius 2 is 2.19 bits per heavy atom. The summed E-state index contributed by atoms with van der Waals surface area (Å²) in [7, 11) is 1.94. The second-order valence-corrected chi connectivity index (χ2v) is 6.80. The SMILES string of the molecule is CC1CCC(O)(CN2CCO[C@H](c3nncn3C)C2)CC1. The highest BCUT2D eigenvalue weighted by molar-refractivity contribution is 4.95. The number of aliphatic hydroxyl groups is 1. The van der Waals surface area contributed by atoms with E-state index in [9.17, 15) is 5.11 Å². The zero-order valence-electron chi connectivity index (χ0n) is 13.0. The van der Waals surface area contributed by atoms with Crippen molar-refractivity contribution in [1.29, 1.82) is 0 Å². The zero-order valence-corrected chi connectivity index (χ0v) is 13.0. The van der Waals surface area contributed by atoms with E-state index in [1.54, 1.807) is 6.33 Å². The lowest BCUT2D eigenvalue weighted by molar-refractivity contribution is -0.0828. The predicted octanol–water partition coefficient (Wildman–Crippen LogP) is 1.13. The van der Waals surface area contributed by atoms with E-state index in [4.69, 9.17) is 4.74 Å². The molecule has 1 aliphatic carbocycles. The van der Waals surface area contributed by atoms with Crippen molar-refractivity contribution < 1.29 is 9.84 Å². The van der Waals surface area contributed by atoms with E-state index in [2.05, 4.69) is 22.0 Å². The van der Waals surface area contributed by atoms with Gasteiger partial charge in [0, 0.05) is 26.7 Å². The molecule has 2 aliphatic rings. The molecule has 1 aliphatic heterocycles. The van der Waals surface area contributed by atoms with Crippen LogP contribution in [0.4, 0.5) is 0 Å². The van der Waals surface area contributed by atoms with Gasteiger partial charge in [-0.1, -0.05) is 6.92 Å². The lowest BCUT2D eigenvalue weighted by Crippen LogP contribution is -2.49. The molecule has 1 saturated carbocycles. The van der Waals surface area contributed by atoms with Gasteiger partial charge in [0.05, 0.1) is 12.2 Å². The van der Waals surface area contributed by atoms with Crippen LogP contribution in [0.15, 0.2) is 6.33 Å². The maximum atomic E-state index is 10.8. The third-order valence-corrected chi connectivity index (χ3v) is 4.91. The van der Waals surface area contributed by atoms with E-state index < -0.39 is 5.60 Å². The van der Waals surface area contributed by atoms with Crippen LogP contribution in [0.5, 0.6) is 0 Å². The fraction of sp³-hybridized carbons (Fsp3) is 0.867. The average Bonchev–Trinajstić information content (AvgIpc) is 2.89. The first-order chi connectivity index (χ1) is 10.1. The van der Waals surface area contributed by atoms with Crippen molar-refractivity contribution in [2.75, 3.05) is 26.2 Å². The Bertz CT molecular complexity index is 468. The smallest absolute Gasteiger partial charge is 0.163 e. The molecule has 1 aromatic rings. The normalized spacial score (nSPS) is 35.0. The lowest BCUT2D eigenvalue weighted by Gasteiger charge is -2.41. The summed E-state index contributed by atoms with van der Waals surface area (Å²) in [5, 5.41) is 18.9. The van der Waals surface area contributed by atoms with Gasteiger partial charge in [-0.15, -0.1) is 10.2 Å². The minimum Gasteiger partial charge on any atom is -0.389 e. The Balaban J connectivity index is 1.60. The maximum absolute atomic E-state index is 10.8. The Morgan fingerprint density at radius 3 is 2.86 bits per heavy atom. The molecule has 0 aromatic carbocycles. The molecule has 2 fully saturated rings. The van der Waals surface area contributed by atoms with Crippen molar-refractivity contribution in [2.45, 2.75) is 44.3 Å². The van der Waals surface area contributed by atoms with Crippen molar-refractivity contribution in [3.8, 4) is 0 Å². The first kappa shape index (κ1) is 14.9. The predicted molar refractivity (Wildman–Crippen MR) is 78.7 cm³/mol. The molecule has 1 atom stereocenters. The molecule has 21 heavy (non-hydrogen) atoms. The number of β-amino-alcohol motifs (C(OH)–C–C–N with tert-alkyl or cyclic N) is 1. The van der Waals surface area contributed by atoms with Crippen LogP contribution in [-0.2, 0) is 11.8 Å². The van der Waals surface area contributed by atoms with Crippen LogP contribution < -0.4 is 0 Å². The second-order valence-electron chi connectivity index (χ2n) is 6.80. The summed E-state index contributed by atoms with van der Waals surface area (Å²) in [6.07, 6.45) is 5.76. The minimum atomic E-state index is -0.520. The van der Waals surface area contributed by atoms with Gasteiger partial charge in [-0.05, 0) is 31.6 Å². The molecule has 1 saturated heterocycles. The minimum absolute atomic E-state index is 0.0441. The number of ether oxygens (including phenoxy) is 1. The van der Waals surface area contributed by atoms with Crippen molar-refractivity contribution in [3.05, 3.63) is 12.2 Å². The monoisotopic (exact) mass is 294 g/mol. The fourth-order valence-corrected chi connectivity index (χ4v) is 3.46. The number of rotatable bonds is 3. The third kappa shape index (κ3) is 3.44. The molecule has 1 N–H and O–H groups in total. The number of hydrogen-bond acceptors (Lipinski definition) is 5. The third-order valence-electron chi connectivity index (χ3n) is 4.91. The number of aromatic nitrogens is 3. The van der Waals surface area contributed by atoms with Crippen LogP contribution in [0.3, 0.4) is 0 Å². The van der Waals surface area contributed by atoms with Gasteiger partial charge in [-0.3, -0.25) is 4.90 Å². The first-order valence-electron chi connectivity index (χ1n) is 7.96. The van der Waals surface area contributed by atoms with E-state index in [-0.39, 0.29) is 6.10 Å². The van der Waals surface area contributed by atoms with Crippen molar-refractivity contribution in [3.63, 3.8) is 0 Å². The van der Waals surface area contributed by atoms with Gasteiger partial charge in [0.2, 0.25) is 0 Å². The summed E-state index contributed by atoms with van der Waals surface area (Å²) in [5.41, 5.74) is -0.520. The van der Waals surface area contributed by atoms with E-state index in [1.165, 1.54) is 0 Å². The molecule has 1 aromatic heterocycles. The molecule has 6 heteroatoms. The summed E-state index contributed by atoms with van der Waals surface area (Å²) >= 11 is 0. The van der Waals surface area contributed by atoms with Gasteiger partial charge >= 0.3 is 0 Å². The van der Waals surface area contributed by atoms with Gasteiger partial charge in [0.15, 0.2) is 5.82 Å². The van der Waals surface area contributed by atoms with Crippen LogP contribution in [0.25, 0.3) is 0 Å². The number of nitrogens with zero attached hydrogens (tertiary/aromatic N) is 4. The number of aryl methyl sites for hydroxylation is 1. The number of hydrogen-bond donors (Lipinski definition) is 1. The summed E-state index contributed by atoms with van der Waals surface area (Å²) in [6, 6.07) is 0. The first-order valence-corrected chi connectivity index (χ1v) is 7.96. The van der Waals surface area contributed by atoms with Gasteiger partial charge in [0.1, 0.15) is 12.4 Å². The van der Waals surface area contributed by atoms with Crippen molar-refractivity contribution in [2.24, 2.45) is 13.0 Å². The fourth-order valence-electron chi connectivity index (χ4n) is 3.46.